The minimum absolute atomic E-state index is 0.177. The Balaban J connectivity index is 1.43. The standard InChI is InChI=1S/C18H22BrFN6O/c19-13-10-15(20)17(22-11-13)26-5-1-2-14(12-26)23-16-3-4-21-18(24-16)25-6-8-27-9-7-25/h3-4,10-11,14H,1-2,5-9,12H2,(H,21,23,24). The first-order chi connectivity index (χ1) is 13.2. The van der Waals surface area contributed by atoms with Crippen LogP contribution in [0.15, 0.2) is 29.0 Å². The van der Waals surface area contributed by atoms with Crippen molar-refractivity contribution in [2.45, 2.75) is 18.9 Å². The largest absolute Gasteiger partial charge is 0.378 e. The minimum atomic E-state index is -0.304. The number of nitrogens with one attached hydrogen (secondary N) is 1. The van der Waals surface area contributed by atoms with Crippen LogP contribution in [0.5, 0.6) is 0 Å². The first-order valence-electron chi connectivity index (χ1n) is 9.17. The average molecular weight is 437 g/mol. The van der Waals surface area contributed by atoms with E-state index in [0.717, 1.165) is 44.2 Å². The summed E-state index contributed by atoms with van der Waals surface area (Å²) in [5.41, 5.74) is 0. The normalized spacial score (nSPS) is 20.6. The van der Waals surface area contributed by atoms with Crippen molar-refractivity contribution in [3.8, 4) is 0 Å². The molecule has 0 spiro atoms. The molecule has 2 aliphatic rings. The second kappa shape index (κ2) is 8.35. The van der Waals surface area contributed by atoms with Gasteiger partial charge in [-0.25, -0.2) is 14.4 Å². The molecule has 4 heterocycles. The molecule has 1 atom stereocenters. The summed E-state index contributed by atoms with van der Waals surface area (Å²) < 4.78 is 20.3. The predicted molar refractivity (Wildman–Crippen MR) is 106 cm³/mol. The van der Waals surface area contributed by atoms with Crippen molar-refractivity contribution in [2.75, 3.05) is 54.5 Å². The minimum Gasteiger partial charge on any atom is -0.378 e. The number of pyridine rings is 1. The number of piperidine rings is 1. The summed E-state index contributed by atoms with van der Waals surface area (Å²) in [6.45, 7) is 4.48. The summed E-state index contributed by atoms with van der Waals surface area (Å²) in [5, 5.41) is 3.48. The molecule has 2 aromatic rings. The van der Waals surface area contributed by atoms with Crippen LogP contribution in [-0.2, 0) is 4.74 Å². The van der Waals surface area contributed by atoms with E-state index < -0.39 is 0 Å². The van der Waals surface area contributed by atoms with Gasteiger partial charge in [0.15, 0.2) is 11.6 Å². The number of hydrogen-bond donors (Lipinski definition) is 1. The van der Waals surface area contributed by atoms with Crippen LogP contribution in [0.2, 0.25) is 0 Å². The number of morpholine rings is 1. The Hall–Kier alpha value is -2.00. The van der Waals surface area contributed by atoms with Gasteiger partial charge in [-0.15, -0.1) is 0 Å². The molecule has 0 radical (unpaired) electrons. The number of rotatable bonds is 4. The molecule has 2 saturated heterocycles. The van der Waals surface area contributed by atoms with Gasteiger partial charge in [0.05, 0.1) is 13.2 Å². The third-order valence-electron chi connectivity index (χ3n) is 4.80. The quantitative estimate of drug-likeness (QED) is 0.789. The second-order valence-electron chi connectivity index (χ2n) is 6.73. The summed E-state index contributed by atoms with van der Waals surface area (Å²) in [7, 11) is 0. The summed E-state index contributed by atoms with van der Waals surface area (Å²) in [6.07, 6.45) is 5.38. The lowest BCUT2D eigenvalue weighted by atomic mass is 10.1. The molecule has 0 saturated carbocycles. The third-order valence-corrected chi connectivity index (χ3v) is 5.23. The fraction of sp³-hybridized carbons (Fsp3) is 0.500. The van der Waals surface area contributed by atoms with E-state index in [1.165, 1.54) is 6.07 Å². The van der Waals surface area contributed by atoms with E-state index in [0.29, 0.717) is 30.0 Å². The van der Waals surface area contributed by atoms with E-state index >= 15 is 0 Å². The molecule has 1 N–H and O–H groups in total. The Morgan fingerprint density at radius 3 is 2.85 bits per heavy atom. The summed E-state index contributed by atoms with van der Waals surface area (Å²) >= 11 is 3.26. The molecule has 7 nitrogen and oxygen atoms in total. The summed E-state index contributed by atoms with van der Waals surface area (Å²) in [4.78, 5) is 17.4. The lowest BCUT2D eigenvalue weighted by Crippen LogP contribution is -2.43. The number of nitrogens with zero attached hydrogens (tertiary/aromatic N) is 5. The number of ether oxygens (including phenoxy) is 1. The van der Waals surface area contributed by atoms with Gasteiger partial charge < -0.3 is 19.9 Å². The molecule has 2 aliphatic heterocycles. The molecule has 0 aromatic carbocycles. The zero-order valence-corrected chi connectivity index (χ0v) is 16.5. The number of anilines is 3. The highest BCUT2D eigenvalue weighted by molar-refractivity contribution is 9.10. The van der Waals surface area contributed by atoms with Gasteiger partial charge in [-0.1, -0.05) is 0 Å². The molecule has 0 amide bonds. The first-order valence-corrected chi connectivity index (χ1v) is 9.96. The Kier molecular flexibility index (Phi) is 5.68. The third kappa shape index (κ3) is 4.47. The Labute approximate surface area is 166 Å². The van der Waals surface area contributed by atoms with Gasteiger partial charge in [0.2, 0.25) is 5.95 Å². The van der Waals surface area contributed by atoms with E-state index in [9.17, 15) is 4.39 Å². The Morgan fingerprint density at radius 2 is 2.04 bits per heavy atom. The Bertz CT molecular complexity index is 788. The molecule has 2 fully saturated rings. The lowest BCUT2D eigenvalue weighted by molar-refractivity contribution is 0.122. The molecule has 2 aromatic heterocycles. The van der Waals surface area contributed by atoms with Gasteiger partial charge in [0, 0.05) is 49.1 Å². The smallest absolute Gasteiger partial charge is 0.227 e. The monoisotopic (exact) mass is 436 g/mol. The molecule has 144 valence electrons. The zero-order chi connectivity index (χ0) is 18.6. The molecule has 1 unspecified atom stereocenters. The average Bonchev–Trinajstić information content (AvgIpc) is 2.69. The maximum Gasteiger partial charge on any atom is 0.227 e. The van der Waals surface area contributed by atoms with Gasteiger partial charge >= 0.3 is 0 Å². The maximum absolute atomic E-state index is 14.3. The van der Waals surface area contributed by atoms with E-state index in [4.69, 9.17) is 4.74 Å². The zero-order valence-electron chi connectivity index (χ0n) is 14.9. The SMILES string of the molecule is Fc1cc(Br)cnc1N1CCCC(Nc2ccnc(N3CCOCC3)n2)C1. The first kappa shape index (κ1) is 18.4. The van der Waals surface area contributed by atoms with Crippen LogP contribution in [0.1, 0.15) is 12.8 Å². The fourth-order valence-corrected chi connectivity index (χ4v) is 3.78. The number of halogens is 2. The van der Waals surface area contributed by atoms with E-state index in [1.807, 2.05) is 11.0 Å². The fourth-order valence-electron chi connectivity index (χ4n) is 3.48. The number of hydrogen-bond acceptors (Lipinski definition) is 7. The van der Waals surface area contributed by atoms with Crippen molar-refractivity contribution in [3.63, 3.8) is 0 Å². The van der Waals surface area contributed by atoms with Crippen LogP contribution in [0.3, 0.4) is 0 Å². The maximum atomic E-state index is 14.3. The van der Waals surface area contributed by atoms with Crippen molar-refractivity contribution in [2.24, 2.45) is 0 Å². The van der Waals surface area contributed by atoms with Crippen molar-refractivity contribution in [3.05, 3.63) is 34.8 Å². The van der Waals surface area contributed by atoms with Crippen molar-refractivity contribution in [1.29, 1.82) is 0 Å². The van der Waals surface area contributed by atoms with Crippen LogP contribution in [0.4, 0.5) is 22.0 Å². The second-order valence-corrected chi connectivity index (χ2v) is 7.65. The van der Waals surface area contributed by atoms with Gasteiger partial charge in [-0.2, -0.15) is 4.98 Å². The van der Waals surface area contributed by atoms with Gasteiger partial charge in [0.25, 0.3) is 0 Å². The summed E-state index contributed by atoms with van der Waals surface area (Å²) in [5.74, 6) is 1.61. The Morgan fingerprint density at radius 1 is 1.19 bits per heavy atom. The van der Waals surface area contributed by atoms with Crippen LogP contribution >= 0.6 is 15.9 Å². The van der Waals surface area contributed by atoms with Gasteiger partial charge in [0.1, 0.15) is 5.82 Å². The van der Waals surface area contributed by atoms with Crippen LogP contribution in [0, 0.1) is 5.82 Å². The van der Waals surface area contributed by atoms with Crippen LogP contribution < -0.4 is 15.1 Å². The van der Waals surface area contributed by atoms with Crippen molar-refractivity contribution < 1.29 is 9.13 Å². The van der Waals surface area contributed by atoms with Crippen LogP contribution in [-0.4, -0.2) is 60.4 Å². The molecule has 9 heteroatoms. The van der Waals surface area contributed by atoms with Crippen molar-refractivity contribution >= 4 is 33.5 Å². The highest BCUT2D eigenvalue weighted by Gasteiger charge is 2.24. The van der Waals surface area contributed by atoms with Crippen molar-refractivity contribution in [1.82, 2.24) is 15.0 Å². The van der Waals surface area contributed by atoms with E-state index in [1.54, 1.807) is 12.4 Å². The highest BCUT2D eigenvalue weighted by atomic mass is 79.9. The molecule has 0 bridgehead atoms. The highest BCUT2D eigenvalue weighted by Crippen LogP contribution is 2.24. The van der Waals surface area contributed by atoms with Crippen LogP contribution in [0.25, 0.3) is 0 Å². The predicted octanol–water partition coefficient (Wildman–Crippen LogP) is 2.69. The lowest BCUT2D eigenvalue weighted by Gasteiger charge is -2.34. The number of aromatic nitrogens is 3. The molecule has 0 aliphatic carbocycles. The van der Waals surface area contributed by atoms with Gasteiger partial charge in [-0.3, -0.25) is 0 Å². The summed E-state index contributed by atoms with van der Waals surface area (Å²) in [6, 6.07) is 3.51. The van der Waals surface area contributed by atoms with Gasteiger partial charge in [-0.05, 0) is 40.9 Å². The topological polar surface area (TPSA) is 66.4 Å². The molecular weight excluding hydrogens is 415 g/mol. The van der Waals surface area contributed by atoms with E-state index in [2.05, 4.69) is 41.1 Å². The molecular formula is C18H22BrFN6O. The molecule has 4 rings (SSSR count). The molecule has 27 heavy (non-hydrogen) atoms. The van der Waals surface area contributed by atoms with E-state index in [-0.39, 0.29) is 11.9 Å².